The standard InChI is InChI=1S/C63H46N4/c1-62(2,3)38-25-27-52-46(31-38)54-41-20-12-11-17-36(41)30-47-56-53(66(52)60(47)54)34-64-61-57(56)49-33-39(63(4,5)6)32-48-55-42-21-13-10-16-35(42)28-44(59(55)67(61)58(48)49)37-24-26-51-45(29-37)43-22-14-15-23-50(43)65(51)40-18-8-7-9-19-40/h7-34H,1-6H3. The molecule has 0 aliphatic heterocycles. The van der Waals surface area contributed by atoms with Crippen molar-refractivity contribution in [2.75, 3.05) is 0 Å². The molecule has 0 aliphatic rings. The lowest BCUT2D eigenvalue weighted by molar-refractivity contribution is 0.591. The third-order valence-electron chi connectivity index (χ3n) is 15.4. The van der Waals surface area contributed by atoms with Gasteiger partial charge in [0.2, 0.25) is 0 Å². The second-order valence-corrected chi connectivity index (χ2v) is 21.2. The van der Waals surface area contributed by atoms with Gasteiger partial charge in [-0.15, -0.1) is 0 Å². The molecular formula is C63H46N4. The highest BCUT2D eigenvalue weighted by Gasteiger charge is 2.30. The van der Waals surface area contributed by atoms with Crippen LogP contribution in [0.1, 0.15) is 52.7 Å². The number of fused-ring (bicyclic) bond motifs is 20. The SMILES string of the molecule is CC(C)(C)c1ccc2c(c1)c1c3ccccc3cc3c4c5c6cc(C(C)(C)C)cc7c8c9ccccc9cc(-c9ccc%10c(c9)c9ccccc9n%10-c9ccccc9)c8n(c5ncc4n2c31)c67. The average Bonchev–Trinajstić information content (AvgIpc) is 4.13. The lowest BCUT2D eigenvalue weighted by atomic mass is 9.84. The third-order valence-corrected chi connectivity index (χ3v) is 15.4. The van der Waals surface area contributed by atoms with Gasteiger partial charge in [0.05, 0.1) is 44.8 Å². The Labute approximate surface area is 386 Å². The third kappa shape index (κ3) is 4.74. The van der Waals surface area contributed by atoms with E-state index in [9.17, 15) is 0 Å². The van der Waals surface area contributed by atoms with E-state index < -0.39 is 0 Å². The molecule has 0 radical (unpaired) electrons. The summed E-state index contributed by atoms with van der Waals surface area (Å²) in [6.07, 6.45) is 2.18. The average molecular weight is 859 g/mol. The van der Waals surface area contributed by atoms with Gasteiger partial charge in [0.1, 0.15) is 5.65 Å². The van der Waals surface area contributed by atoms with Gasteiger partial charge in [-0.3, -0.25) is 4.40 Å². The number of hydrogen-bond donors (Lipinski definition) is 0. The van der Waals surface area contributed by atoms with Crippen LogP contribution in [0.2, 0.25) is 0 Å². The molecule has 0 saturated carbocycles. The van der Waals surface area contributed by atoms with Crippen molar-refractivity contribution in [3.63, 3.8) is 0 Å². The van der Waals surface area contributed by atoms with E-state index in [0.717, 1.165) is 16.9 Å². The van der Waals surface area contributed by atoms with Gasteiger partial charge < -0.3 is 8.97 Å². The summed E-state index contributed by atoms with van der Waals surface area (Å²) in [5.41, 5.74) is 15.7. The zero-order valence-corrected chi connectivity index (χ0v) is 38.5. The maximum absolute atomic E-state index is 5.65. The summed E-state index contributed by atoms with van der Waals surface area (Å²) in [5, 5.41) is 17.8. The summed E-state index contributed by atoms with van der Waals surface area (Å²) in [4.78, 5) is 5.65. The highest BCUT2D eigenvalue weighted by atomic mass is 15.0. The Morgan fingerprint density at radius 3 is 1.72 bits per heavy atom. The number of para-hydroxylation sites is 2. The molecule has 0 spiro atoms. The minimum atomic E-state index is -0.0961. The molecule has 9 aromatic carbocycles. The molecule has 15 aromatic rings. The van der Waals surface area contributed by atoms with Crippen LogP contribution in [0.3, 0.4) is 0 Å². The zero-order chi connectivity index (χ0) is 44.8. The Kier molecular flexibility index (Phi) is 6.94. The van der Waals surface area contributed by atoms with Gasteiger partial charge in [-0.25, -0.2) is 4.98 Å². The molecule has 318 valence electrons. The predicted molar refractivity (Wildman–Crippen MR) is 286 cm³/mol. The maximum atomic E-state index is 5.65. The lowest BCUT2D eigenvalue weighted by Gasteiger charge is -2.19. The molecular weight excluding hydrogens is 813 g/mol. The highest BCUT2D eigenvalue weighted by Crippen LogP contribution is 2.51. The van der Waals surface area contributed by atoms with Gasteiger partial charge in [-0.1, -0.05) is 139 Å². The molecule has 0 saturated heterocycles. The molecule has 0 aliphatic carbocycles. The number of benzene rings is 9. The molecule has 0 fully saturated rings. The van der Waals surface area contributed by atoms with Crippen LogP contribution < -0.4 is 0 Å². The summed E-state index contributed by atoms with van der Waals surface area (Å²) < 4.78 is 7.47. The van der Waals surface area contributed by atoms with E-state index in [2.05, 4.69) is 225 Å². The zero-order valence-electron chi connectivity index (χ0n) is 38.5. The van der Waals surface area contributed by atoms with E-state index in [1.807, 2.05) is 0 Å². The van der Waals surface area contributed by atoms with Crippen LogP contribution in [0.5, 0.6) is 0 Å². The molecule has 0 amide bonds. The molecule has 67 heavy (non-hydrogen) atoms. The van der Waals surface area contributed by atoms with Gasteiger partial charge in [-0.2, -0.15) is 0 Å². The first-order valence-electron chi connectivity index (χ1n) is 23.7. The van der Waals surface area contributed by atoms with Gasteiger partial charge >= 0.3 is 0 Å². The second kappa shape index (κ2) is 12.5. The van der Waals surface area contributed by atoms with Crippen molar-refractivity contribution in [3.05, 3.63) is 181 Å². The van der Waals surface area contributed by atoms with E-state index in [1.165, 1.54) is 131 Å². The Bertz CT molecular complexity index is 4620. The summed E-state index contributed by atoms with van der Waals surface area (Å²) >= 11 is 0. The monoisotopic (exact) mass is 858 g/mol. The molecule has 4 nitrogen and oxygen atoms in total. The Morgan fingerprint density at radius 2 is 0.970 bits per heavy atom. The Hall–Kier alpha value is -7.95. The van der Waals surface area contributed by atoms with Crippen LogP contribution >= 0.6 is 0 Å². The van der Waals surface area contributed by atoms with Crippen LogP contribution in [0.15, 0.2) is 170 Å². The van der Waals surface area contributed by atoms with Crippen LogP contribution in [0.25, 0.3) is 136 Å². The molecule has 0 unspecified atom stereocenters. The van der Waals surface area contributed by atoms with Gasteiger partial charge in [0, 0.05) is 65.1 Å². The topological polar surface area (TPSA) is 26.6 Å². The van der Waals surface area contributed by atoms with Gasteiger partial charge in [0.15, 0.2) is 0 Å². The predicted octanol–water partition coefficient (Wildman–Crippen LogP) is 17.0. The fraction of sp³-hybridized carbons (Fsp3) is 0.127. The van der Waals surface area contributed by atoms with Crippen molar-refractivity contribution in [1.29, 1.82) is 0 Å². The van der Waals surface area contributed by atoms with E-state index in [-0.39, 0.29) is 10.8 Å². The van der Waals surface area contributed by atoms with Crippen molar-refractivity contribution in [2.24, 2.45) is 0 Å². The van der Waals surface area contributed by atoms with E-state index >= 15 is 0 Å². The number of rotatable bonds is 2. The van der Waals surface area contributed by atoms with Crippen LogP contribution in [0, 0.1) is 0 Å². The van der Waals surface area contributed by atoms with Crippen molar-refractivity contribution in [2.45, 2.75) is 52.4 Å². The number of hydrogen-bond acceptors (Lipinski definition) is 1. The van der Waals surface area contributed by atoms with Crippen molar-refractivity contribution in [3.8, 4) is 16.8 Å². The van der Waals surface area contributed by atoms with Crippen LogP contribution in [0.4, 0.5) is 0 Å². The normalized spacial score (nSPS) is 13.2. The first-order chi connectivity index (χ1) is 32.5. The molecule has 15 rings (SSSR count). The maximum Gasteiger partial charge on any atom is 0.146 e. The fourth-order valence-corrected chi connectivity index (χ4v) is 12.2. The largest absolute Gasteiger partial charge is 0.309 e. The highest BCUT2D eigenvalue weighted by molar-refractivity contribution is 6.39. The first-order valence-corrected chi connectivity index (χ1v) is 23.7. The van der Waals surface area contributed by atoms with E-state index in [0.29, 0.717) is 0 Å². The van der Waals surface area contributed by atoms with Crippen molar-refractivity contribution in [1.82, 2.24) is 18.4 Å². The van der Waals surface area contributed by atoms with Crippen LogP contribution in [-0.4, -0.2) is 18.4 Å². The molecule has 0 bridgehead atoms. The first kappa shape index (κ1) is 37.3. The van der Waals surface area contributed by atoms with Gasteiger partial charge in [-0.05, 0) is 116 Å². The van der Waals surface area contributed by atoms with Crippen molar-refractivity contribution >= 4 is 120 Å². The van der Waals surface area contributed by atoms with E-state index in [1.54, 1.807) is 0 Å². The summed E-state index contributed by atoms with van der Waals surface area (Å²) in [7, 11) is 0. The number of aromatic nitrogens is 4. The minimum absolute atomic E-state index is 0.0249. The van der Waals surface area contributed by atoms with Crippen molar-refractivity contribution < 1.29 is 0 Å². The summed E-state index contributed by atoms with van der Waals surface area (Å²) in [6.45, 7) is 14.0. The molecule has 6 heterocycles. The Balaban J connectivity index is 1.14. The quantitative estimate of drug-likeness (QED) is 0.170. The summed E-state index contributed by atoms with van der Waals surface area (Å²) in [5.74, 6) is 0. The molecule has 0 N–H and O–H groups in total. The summed E-state index contributed by atoms with van der Waals surface area (Å²) in [6, 6.07) is 61.7. The Morgan fingerprint density at radius 1 is 0.373 bits per heavy atom. The van der Waals surface area contributed by atoms with Crippen LogP contribution in [-0.2, 0) is 10.8 Å². The molecule has 0 atom stereocenters. The lowest BCUT2D eigenvalue weighted by Crippen LogP contribution is -2.10. The smallest absolute Gasteiger partial charge is 0.146 e. The van der Waals surface area contributed by atoms with Gasteiger partial charge in [0.25, 0.3) is 0 Å². The molecule has 6 aromatic heterocycles. The minimum Gasteiger partial charge on any atom is -0.309 e. The second-order valence-electron chi connectivity index (χ2n) is 21.2. The molecule has 4 heteroatoms. The fourth-order valence-electron chi connectivity index (χ4n) is 12.2. The number of nitrogens with zero attached hydrogens (tertiary/aromatic N) is 4. The number of pyridine rings is 1. The van der Waals surface area contributed by atoms with E-state index in [4.69, 9.17) is 4.98 Å².